The van der Waals surface area contributed by atoms with Crippen molar-refractivity contribution in [2.24, 2.45) is 4.99 Å². The van der Waals surface area contributed by atoms with Crippen LogP contribution in [0.4, 0.5) is 10.5 Å². The largest absolute Gasteiger partial charge is 0.338 e. The molecule has 1 aliphatic rings. The van der Waals surface area contributed by atoms with Crippen LogP contribution in [0.1, 0.15) is 30.5 Å². The van der Waals surface area contributed by atoms with Gasteiger partial charge in [0.1, 0.15) is 0 Å². The molecule has 2 amide bonds. The molecule has 0 bridgehead atoms. The number of fused-ring (bicyclic) bond motifs is 1. The Bertz CT molecular complexity index is 1210. The van der Waals surface area contributed by atoms with Gasteiger partial charge in [0.15, 0.2) is 0 Å². The van der Waals surface area contributed by atoms with Gasteiger partial charge in [0.2, 0.25) is 5.96 Å². The number of aryl methyl sites for hydroxylation is 1. The molecule has 1 aromatic carbocycles. The number of aromatic nitrogens is 3. The van der Waals surface area contributed by atoms with Crippen molar-refractivity contribution < 1.29 is 4.79 Å². The van der Waals surface area contributed by atoms with Crippen LogP contribution in [-0.4, -0.2) is 33.3 Å². The molecule has 0 saturated carbocycles. The molecule has 0 saturated heterocycles. The molecule has 0 spiro atoms. The van der Waals surface area contributed by atoms with E-state index >= 15 is 0 Å². The molecule has 2 aromatic heterocycles. The Morgan fingerprint density at radius 1 is 1.26 bits per heavy atom. The van der Waals surface area contributed by atoms with E-state index < -0.39 is 0 Å². The van der Waals surface area contributed by atoms with Crippen molar-refractivity contribution >= 4 is 17.7 Å². The number of guanidine groups is 1. The van der Waals surface area contributed by atoms with Gasteiger partial charge in [-0.05, 0) is 50.1 Å². The van der Waals surface area contributed by atoms with Crippen molar-refractivity contribution in [1.82, 2.24) is 25.4 Å². The van der Waals surface area contributed by atoms with E-state index in [4.69, 9.17) is 0 Å². The van der Waals surface area contributed by atoms with E-state index in [1.165, 1.54) is 0 Å². The van der Waals surface area contributed by atoms with Gasteiger partial charge < -0.3 is 15.6 Å². The van der Waals surface area contributed by atoms with Crippen LogP contribution in [-0.2, 0) is 13.0 Å². The summed E-state index contributed by atoms with van der Waals surface area (Å²) >= 11 is 0. The lowest BCUT2D eigenvalue weighted by Crippen LogP contribution is -2.43. The van der Waals surface area contributed by atoms with Gasteiger partial charge in [0, 0.05) is 41.3 Å². The second-order valence-electron chi connectivity index (χ2n) is 7.28. The number of aliphatic imine (C=N–C) groups is 1. The monoisotopic (exact) mass is 419 g/mol. The minimum Gasteiger partial charge on any atom is -0.338 e. The maximum absolute atomic E-state index is 12.5. The quantitative estimate of drug-likeness (QED) is 0.520. The van der Waals surface area contributed by atoms with Crippen molar-refractivity contribution in [3.63, 3.8) is 0 Å². The SMILES string of the molecule is CCNC(=O)NC1=NCc2cc(-c3cc(C)c(CC)c(=O)[nH]3)cc(-n3cccn3)c2N1. The molecule has 31 heavy (non-hydrogen) atoms. The smallest absolute Gasteiger partial charge is 0.321 e. The Morgan fingerprint density at radius 3 is 2.77 bits per heavy atom. The standard InChI is InChI=1S/C22H25N7O2/c1-4-16-13(3)9-17(26-20(16)30)14-10-15-12-24-21(28-22(31)23-5-2)27-19(15)18(11-14)29-8-6-7-25-29/h6-11H,4-5,12H2,1-3H3,(H,26,30)(H3,23,24,27,28,31). The number of nitrogens with zero attached hydrogens (tertiary/aromatic N) is 3. The second-order valence-corrected chi connectivity index (χ2v) is 7.28. The van der Waals surface area contributed by atoms with Crippen LogP contribution in [0.15, 0.2) is 46.4 Å². The van der Waals surface area contributed by atoms with Gasteiger partial charge in [-0.25, -0.2) is 14.5 Å². The fourth-order valence-corrected chi connectivity index (χ4v) is 3.72. The summed E-state index contributed by atoms with van der Waals surface area (Å²) in [7, 11) is 0. The normalized spacial score (nSPS) is 12.5. The lowest BCUT2D eigenvalue weighted by molar-refractivity contribution is 0.246. The Kier molecular flexibility index (Phi) is 5.57. The fourth-order valence-electron chi connectivity index (χ4n) is 3.72. The van der Waals surface area contributed by atoms with Crippen molar-refractivity contribution in [2.45, 2.75) is 33.7 Å². The number of carbonyl (C=O) groups excluding carboxylic acids is 1. The summed E-state index contributed by atoms with van der Waals surface area (Å²) in [4.78, 5) is 31.9. The van der Waals surface area contributed by atoms with Gasteiger partial charge in [-0.1, -0.05) is 6.92 Å². The number of amides is 2. The van der Waals surface area contributed by atoms with Crippen LogP contribution in [0.5, 0.6) is 0 Å². The minimum absolute atomic E-state index is 0.0690. The summed E-state index contributed by atoms with van der Waals surface area (Å²) in [6.45, 7) is 6.67. The number of hydrogen-bond acceptors (Lipinski definition) is 5. The number of urea groups is 1. The van der Waals surface area contributed by atoms with Crippen molar-refractivity contribution in [3.05, 3.63) is 63.7 Å². The summed E-state index contributed by atoms with van der Waals surface area (Å²) in [5, 5.41) is 13.0. The van der Waals surface area contributed by atoms with E-state index in [9.17, 15) is 9.59 Å². The molecule has 4 N–H and O–H groups in total. The van der Waals surface area contributed by atoms with Gasteiger partial charge in [-0.15, -0.1) is 0 Å². The lowest BCUT2D eigenvalue weighted by Gasteiger charge is -2.23. The molecule has 0 radical (unpaired) electrons. The number of pyridine rings is 1. The van der Waals surface area contributed by atoms with Crippen LogP contribution < -0.4 is 21.5 Å². The zero-order chi connectivity index (χ0) is 22.0. The highest BCUT2D eigenvalue weighted by atomic mass is 16.2. The number of hydrogen-bond donors (Lipinski definition) is 4. The van der Waals surface area contributed by atoms with Gasteiger partial charge in [0.05, 0.1) is 17.9 Å². The highest BCUT2D eigenvalue weighted by Gasteiger charge is 2.20. The summed E-state index contributed by atoms with van der Waals surface area (Å²) in [5.74, 6) is 0.371. The summed E-state index contributed by atoms with van der Waals surface area (Å²) < 4.78 is 1.75. The Balaban J connectivity index is 1.78. The average molecular weight is 419 g/mol. The third-order valence-corrected chi connectivity index (χ3v) is 5.19. The van der Waals surface area contributed by atoms with Gasteiger partial charge in [-0.3, -0.25) is 10.1 Å². The molecule has 160 valence electrons. The molecule has 0 unspecified atom stereocenters. The number of benzene rings is 1. The van der Waals surface area contributed by atoms with Gasteiger partial charge >= 0.3 is 6.03 Å². The summed E-state index contributed by atoms with van der Waals surface area (Å²) in [5.41, 5.74) is 5.82. The molecule has 1 aliphatic heterocycles. The van der Waals surface area contributed by atoms with E-state index in [1.807, 2.05) is 51.2 Å². The number of nitrogens with one attached hydrogen (secondary N) is 4. The fraction of sp³-hybridized carbons (Fsp3) is 0.273. The van der Waals surface area contributed by atoms with Crippen molar-refractivity contribution in [3.8, 4) is 16.9 Å². The van der Waals surface area contributed by atoms with Gasteiger partial charge in [-0.2, -0.15) is 5.10 Å². The molecule has 0 atom stereocenters. The first-order valence-electron chi connectivity index (χ1n) is 10.3. The number of carbonyl (C=O) groups is 1. The predicted octanol–water partition coefficient (Wildman–Crippen LogP) is 2.70. The minimum atomic E-state index is -0.321. The van der Waals surface area contributed by atoms with E-state index in [0.29, 0.717) is 25.5 Å². The molecular weight excluding hydrogens is 394 g/mol. The van der Waals surface area contributed by atoms with Crippen LogP contribution in [0, 0.1) is 6.92 Å². The number of H-pyrrole nitrogens is 1. The average Bonchev–Trinajstić information content (AvgIpc) is 3.27. The maximum atomic E-state index is 12.5. The zero-order valence-corrected chi connectivity index (χ0v) is 17.7. The molecule has 0 fully saturated rings. The van der Waals surface area contributed by atoms with E-state index in [-0.39, 0.29) is 11.6 Å². The number of anilines is 1. The maximum Gasteiger partial charge on any atom is 0.321 e. The number of aromatic amines is 1. The lowest BCUT2D eigenvalue weighted by atomic mass is 10.00. The third kappa shape index (κ3) is 4.07. The van der Waals surface area contributed by atoms with Crippen LogP contribution in [0.3, 0.4) is 0 Å². The third-order valence-electron chi connectivity index (χ3n) is 5.19. The summed E-state index contributed by atoms with van der Waals surface area (Å²) in [6.07, 6.45) is 4.23. The molecule has 3 aromatic rings. The first-order chi connectivity index (χ1) is 15.0. The molecule has 3 heterocycles. The summed E-state index contributed by atoms with van der Waals surface area (Å²) in [6, 6.07) is 7.48. The van der Waals surface area contributed by atoms with E-state index in [1.54, 1.807) is 10.9 Å². The number of rotatable bonds is 4. The predicted molar refractivity (Wildman–Crippen MR) is 121 cm³/mol. The van der Waals surface area contributed by atoms with Crippen LogP contribution >= 0.6 is 0 Å². The van der Waals surface area contributed by atoms with Crippen molar-refractivity contribution in [2.75, 3.05) is 11.9 Å². The highest BCUT2D eigenvalue weighted by Crippen LogP contribution is 2.33. The van der Waals surface area contributed by atoms with Crippen molar-refractivity contribution in [1.29, 1.82) is 0 Å². The first-order valence-corrected chi connectivity index (χ1v) is 10.3. The Labute approximate surface area is 179 Å². The Hall–Kier alpha value is -3.88. The highest BCUT2D eigenvalue weighted by molar-refractivity contribution is 6.06. The molecule has 9 heteroatoms. The van der Waals surface area contributed by atoms with Gasteiger partial charge in [0.25, 0.3) is 5.56 Å². The van der Waals surface area contributed by atoms with E-state index in [2.05, 4.69) is 31.0 Å². The second kappa shape index (κ2) is 8.47. The Morgan fingerprint density at radius 2 is 2.10 bits per heavy atom. The first kappa shape index (κ1) is 20.4. The van der Waals surface area contributed by atoms with Crippen LogP contribution in [0.2, 0.25) is 0 Å². The molecule has 4 rings (SSSR count). The molecule has 0 aliphatic carbocycles. The molecule has 9 nitrogen and oxygen atoms in total. The van der Waals surface area contributed by atoms with E-state index in [0.717, 1.165) is 39.3 Å². The van der Waals surface area contributed by atoms with Crippen LogP contribution in [0.25, 0.3) is 16.9 Å². The topological polar surface area (TPSA) is 116 Å². The molecular formula is C22H25N7O2. The zero-order valence-electron chi connectivity index (χ0n) is 17.7.